The lowest BCUT2D eigenvalue weighted by molar-refractivity contribution is -0.167. The molecule has 0 amide bonds. The second-order valence-electron chi connectivity index (χ2n) is 4.95. The van der Waals surface area contributed by atoms with E-state index in [1.165, 1.54) is 13.0 Å². The van der Waals surface area contributed by atoms with E-state index in [0.29, 0.717) is 12.7 Å². The fourth-order valence-electron chi connectivity index (χ4n) is 2.41. The van der Waals surface area contributed by atoms with Crippen LogP contribution in [0.3, 0.4) is 0 Å². The minimum Gasteiger partial charge on any atom is -0.480 e. The molecule has 1 aliphatic carbocycles. The van der Waals surface area contributed by atoms with Gasteiger partial charge in [0.1, 0.15) is 11.7 Å². The number of ketones is 1. The van der Waals surface area contributed by atoms with Crippen LogP contribution in [0.4, 0.5) is 0 Å². The highest BCUT2D eigenvalue weighted by Crippen LogP contribution is 2.41. The van der Waals surface area contributed by atoms with Gasteiger partial charge in [0, 0.05) is 6.42 Å². The zero-order valence-electron chi connectivity index (χ0n) is 11.8. The van der Waals surface area contributed by atoms with Gasteiger partial charge in [-0.05, 0) is 25.3 Å². The van der Waals surface area contributed by atoms with Crippen LogP contribution in [-0.4, -0.2) is 35.7 Å². The molecule has 0 aliphatic heterocycles. The lowest BCUT2D eigenvalue weighted by Gasteiger charge is -2.35. The van der Waals surface area contributed by atoms with Gasteiger partial charge in [0.15, 0.2) is 5.78 Å². The summed E-state index contributed by atoms with van der Waals surface area (Å²) in [4.78, 5) is 46.4. The number of rotatable bonds is 7. The Morgan fingerprint density at radius 2 is 2.14 bits per heavy atom. The first-order valence-corrected chi connectivity index (χ1v) is 6.58. The molecule has 0 saturated heterocycles. The summed E-state index contributed by atoms with van der Waals surface area (Å²) in [5, 5.41) is 9.54. The number of aldehydes is 1. The number of hydrogen-bond donors (Lipinski definition) is 1. The molecule has 6 heteroatoms. The van der Waals surface area contributed by atoms with E-state index in [9.17, 15) is 24.3 Å². The number of esters is 1. The van der Waals surface area contributed by atoms with Crippen LogP contribution in [0, 0.1) is 11.3 Å². The van der Waals surface area contributed by atoms with E-state index in [4.69, 9.17) is 4.74 Å². The Morgan fingerprint density at radius 3 is 2.67 bits per heavy atom. The molecule has 6 nitrogen and oxygen atoms in total. The molecule has 0 radical (unpaired) electrons. The van der Waals surface area contributed by atoms with Gasteiger partial charge in [-0.25, -0.2) is 0 Å². The summed E-state index contributed by atoms with van der Waals surface area (Å²) in [6.45, 7) is 4.77. The first kappa shape index (κ1) is 16.8. The summed E-state index contributed by atoms with van der Waals surface area (Å²) in [6, 6.07) is 0. The van der Waals surface area contributed by atoms with Gasteiger partial charge >= 0.3 is 11.9 Å². The molecule has 114 valence electrons. The Kier molecular flexibility index (Phi) is 5.58. The highest BCUT2D eigenvalue weighted by atomic mass is 16.5. The minimum absolute atomic E-state index is 0.0119. The molecule has 0 aromatic rings. The Morgan fingerprint density at radius 1 is 1.48 bits per heavy atom. The number of Topliss-reactive ketones (excluding diaryl/α,β-unsaturated/α-hetero) is 1. The highest BCUT2D eigenvalue weighted by molar-refractivity contribution is 6.14. The number of allylic oxidation sites excluding steroid dienone is 2. The molecule has 21 heavy (non-hydrogen) atoms. The standard InChI is InChI=1S/C15H18O6/c1-10(2)12(17)15(14(19)20)7-4-3-6-11(15)13(18)21-9-5-8-16/h3,6,8,11H,1,4-5,7,9H2,2H3,(H,19,20). The molecule has 0 saturated carbocycles. The SMILES string of the molecule is C=C(C)C(=O)C1(C(=O)O)CCC=CC1C(=O)OCCC=O. The molecule has 0 aromatic carbocycles. The number of carboxylic acids is 1. The van der Waals surface area contributed by atoms with Crippen molar-refractivity contribution in [2.75, 3.05) is 6.61 Å². The maximum atomic E-state index is 12.3. The maximum Gasteiger partial charge on any atom is 0.318 e. The Balaban J connectivity index is 3.14. The lowest BCUT2D eigenvalue weighted by atomic mass is 9.65. The molecule has 1 rings (SSSR count). The van der Waals surface area contributed by atoms with Crippen LogP contribution in [0.15, 0.2) is 24.3 Å². The predicted octanol–water partition coefficient (Wildman–Crippen LogP) is 1.30. The van der Waals surface area contributed by atoms with Gasteiger partial charge in [-0.3, -0.25) is 14.4 Å². The van der Waals surface area contributed by atoms with E-state index in [1.54, 1.807) is 6.08 Å². The molecule has 0 spiro atoms. The quantitative estimate of drug-likeness (QED) is 0.190. The highest BCUT2D eigenvalue weighted by Gasteiger charge is 2.55. The van der Waals surface area contributed by atoms with Crippen molar-refractivity contribution < 1.29 is 29.0 Å². The number of carboxylic acid groups (broad SMARTS) is 1. The average molecular weight is 294 g/mol. The van der Waals surface area contributed by atoms with E-state index in [1.807, 2.05) is 0 Å². The van der Waals surface area contributed by atoms with Crippen molar-refractivity contribution in [2.45, 2.75) is 26.2 Å². The van der Waals surface area contributed by atoms with Gasteiger partial charge < -0.3 is 14.6 Å². The number of hydrogen-bond acceptors (Lipinski definition) is 5. The molecular weight excluding hydrogens is 276 g/mol. The topological polar surface area (TPSA) is 97.7 Å². The number of ether oxygens (including phenoxy) is 1. The number of aliphatic carboxylic acids is 1. The molecule has 0 heterocycles. The van der Waals surface area contributed by atoms with Gasteiger partial charge in [0.25, 0.3) is 0 Å². The van der Waals surface area contributed by atoms with Crippen LogP contribution in [0.25, 0.3) is 0 Å². The first-order chi connectivity index (χ1) is 9.87. The van der Waals surface area contributed by atoms with Gasteiger partial charge in [-0.15, -0.1) is 0 Å². The summed E-state index contributed by atoms with van der Waals surface area (Å²) in [5.74, 6) is -4.06. The maximum absolute atomic E-state index is 12.3. The van der Waals surface area contributed by atoms with Crippen molar-refractivity contribution in [2.24, 2.45) is 11.3 Å². The third kappa shape index (κ3) is 3.26. The van der Waals surface area contributed by atoms with Gasteiger partial charge in [-0.2, -0.15) is 0 Å². The molecule has 1 N–H and O–H groups in total. The molecule has 2 atom stereocenters. The van der Waals surface area contributed by atoms with Crippen LogP contribution >= 0.6 is 0 Å². The molecule has 1 aliphatic rings. The summed E-state index contributed by atoms with van der Waals surface area (Å²) >= 11 is 0. The number of carbonyl (C=O) groups is 4. The van der Waals surface area contributed by atoms with Crippen LogP contribution in [-0.2, 0) is 23.9 Å². The zero-order chi connectivity index (χ0) is 16.0. The number of carbonyl (C=O) groups excluding carboxylic acids is 3. The van der Waals surface area contributed by atoms with E-state index in [-0.39, 0.29) is 25.0 Å². The van der Waals surface area contributed by atoms with E-state index >= 15 is 0 Å². The monoisotopic (exact) mass is 294 g/mol. The first-order valence-electron chi connectivity index (χ1n) is 6.58. The smallest absolute Gasteiger partial charge is 0.318 e. The molecular formula is C15H18O6. The van der Waals surface area contributed by atoms with Crippen molar-refractivity contribution in [3.05, 3.63) is 24.3 Å². The molecule has 0 fully saturated rings. The normalized spacial score (nSPS) is 24.1. The third-order valence-corrected chi connectivity index (χ3v) is 3.47. The zero-order valence-corrected chi connectivity index (χ0v) is 11.8. The average Bonchev–Trinajstić information content (AvgIpc) is 2.46. The molecule has 2 unspecified atom stereocenters. The Hall–Kier alpha value is -2.24. The minimum atomic E-state index is -1.88. The van der Waals surface area contributed by atoms with Gasteiger partial charge in [-0.1, -0.05) is 18.7 Å². The van der Waals surface area contributed by atoms with E-state index < -0.39 is 29.1 Å². The summed E-state index contributed by atoms with van der Waals surface area (Å²) in [6.07, 6.45) is 4.05. The van der Waals surface area contributed by atoms with Crippen LogP contribution < -0.4 is 0 Å². The Labute approximate surface area is 122 Å². The van der Waals surface area contributed by atoms with Crippen LogP contribution in [0.1, 0.15) is 26.2 Å². The summed E-state index contributed by atoms with van der Waals surface area (Å²) in [7, 11) is 0. The van der Waals surface area contributed by atoms with Crippen LogP contribution in [0.5, 0.6) is 0 Å². The summed E-state index contributed by atoms with van der Waals surface area (Å²) in [5.41, 5.74) is -1.79. The van der Waals surface area contributed by atoms with Crippen molar-refractivity contribution in [1.82, 2.24) is 0 Å². The van der Waals surface area contributed by atoms with Crippen molar-refractivity contribution in [1.29, 1.82) is 0 Å². The van der Waals surface area contributed by atoms with Crippen molar-refractivity contribution >= 4 is 24.0 Å². The van der Waals surface area contributed by atoms with Crippen molar-refractivity contribution in [3.63, 3.8) is 0 Å². The van der Waals surface area contributed by atoms with Crippen molar-refractivity contribution in [3.8, 4) is 0 Å². The summed E-state index contributed by atoms with van der Waals surface area (Å²) < 4.78 is 4.89. The Bertz CT molecular complexity index is 504. The van der Waals surface area contributed by atoms with E-state index in [2.05, 4.69) is 6.58 Å². The second-order valence-corrected chi connectivity index (χ2v) is 4.95. The lowest BCUT2D eigenvalue weighted by Crippen LogP contribution is -2.50. The van der Waals surface area contributed by atoms with Gasteiger partial charge in [0.05, 0.1) is 12.5 Å². The fourth-order valence-corrected chi connectivity index (χ4v) is 2.41. The predicted molar refractivity (Wildman–Crippen MR) is 73.4 cm³/mol. The molecule has 0 aromatic heterocycles. The van der Waals surface area contributed by atoms with Crippen LogP contribution in [0.2, 0.25) is 0 Å². The fraction of sp³-hybridized carbons (Fsp3) is 0.467. The van der Waals surface area contributed by atoms with Gasteiger partial charge in [0.2, 0.25) is 0 Å². The largest absolute Gasteiger partial charge is 0.480 e. The van der Waals surface area contributed by atoms with E-state index in [0.717, 1.165) is 0 Å². The second kappa shape index (κ2) is 6.97. The third-order valence-electron chi connectivity index (χ3n) is 3.47. The molecule has 0 bridgehead atoms.